The lowest BCUT2D eigenvalue weighted by atomic mass is 9.99. The van der Waals surface area contributed by atoms with Gasteiger partial charge in [0.1, 0.15) is 5.56 Å². The van der Waals surface area contributed by atoms with Gasteiger partial charge in [0.05, 0.1) is 21.3 Å². The lowest BCUT2D eigenvalue weighted by Crippen LogP contribution is -2.21. The maximum absolute atomic E-state index is 13.1. The molecule has 0 aliphatic heterocycles. The number of methoxy groups -OCH3 is 3. The highest BCUT2D eigenvalue weighted by Gasteiger charge is 2.29. The molecule has 6 heteroatoms. The third-order valence-electron chi connectivity index (χ3n) is 4.55. The van der Waals surface area contributed by atoms with Gasteiger partial charge >= 0.3 is 5.97 Å². The van der Waals surface area contributed by atoms with Crippen LogP contribution in [0, 0.1) is 0 Å². The Bertz CT molecular complexity index is 1010. The minimum Gasteiger partial charge on any atom is -0.493 e. The largest absolute Gasteiger partial charge is 0.493 e. The van der Waals surface area contributed by atoms with Gasteiger partial charge in [0.15, 0.2) is 17.6 Å². The van der Waals surface area contributed by atoms with Crippen molar-refractivity contribution < 1.29 is 28.5 Å². The van der Waals surface area contributed by atoms with Gasteiger partial charge in [-0.3, -0.25) is 4.79 Å². The first-order valence-corrected chi connectivity index (χ1v) is 9.24. The molecule has 3 aromatic carbocycles. The van der Waals surface area contributed by atoms with Crippen LogP contribution in [0.15, 0.2) is 72.8 Å². The lowest BCUT2D eigenvalue weighted by Gasteiger charge is -2.19. The predicted octanol–water partition coefficient (Wildman–Crippen LogP) is 4.49. The Morgan fingerprint density at radius 3 is 1.87 bits per heavy atom. The van der Waals surface area contributed by atoms with E-state index in [-0.39, 0.29) is 22.8 Å². The molecule has 0 aliphatic carbocycles. The summed E-state index contributed by atoms with van der Waals surface area (Å²) < 4.78 is 21.6. The summed E-state index contributed by atoms with van der Waals surface area (Å²) >= 11 is 0. The van der Waals surface area contributed by atoms with Crippen LogP contribution in [0.3, 0.4) is 0 Å². The molecule has 1 atom stereocenters. The number of hydrogen-bond donors (Lipinski definition) is 0. The lowest BCUT2D eigenvalue weighted by molar-refractivity contribution is 0.0276. The Kier molecular flexibility index (Phi) is 6.70. The first-order valence-electron chi connectivity index (χ1n) is 9.24. The molecule has 154 valence electrons. The van der Waals surface area contributed by atoms with Crippen molar-refractivity contribution in [2.24, 2.45) is 0 Å². The van der Waals surface area contributed by atoms with E-state index in [1.165, 1.54) is 27.4 Å². The standard InChI is InChI=1S/C24H22O6/c1-27-19-15-14-18(22(28-2)23(19)29-3)24(26)30-21(17-12-8-5-9-13-17)20(25)16-10-6-4-7-11-16/h4-15,21H,1-3H3/t21-/m0/s1. The Morgan fingerprint density at radius 2 is 1.30 bits per heavy atom. The van der Waals surface area contributed by atoms with Crippen LogP contribution in [0.4, 0.5) is 0 Å². The number of rotatable bonds is 8. The van der Waals surface area contributed by atoms with Crippen LogP contribution in [0.5, 0.6) is 17.2 Å². The highest BCUT2D eigenvalue weighted by molar-refractivity contribution is 6.02. The van der Waals surface area contributed by atoms with Crippen molar-refractivity contribution in [3.8, 4) is 17.2 Å². The second-order valence-electron chi connectivity index (χ2n) is 6.31. The summed E-state index contributed by atoms with van der Waals surface area (Å²) in [6.45, 7) is 0. The topological polar surface area (TPSA) is 71.1 Å². The zero-order chi connectivity index (χ0) is 21.5. The van der Waals surface area contributed by atoms with Crippen molar-refractivity contribution in [2.45, 2.75) is 6.10 Å². The van der Waals surface area contributed by atoms with Gasteiger partial charge in [0.25, 0.3) is 0 Å². The summed E-state index contributed by atoms with van der Waals surface area (Å²) in [5, 5.41) is 0. The highest BCUT2D eigenvalue weighted by atomic mass is 16.6. The molecular formula is C24H22O6. The number of carbonyl (C=O) groups is 2. The molecule has 0 unspecified atom stereocenters. The summed E-state index contributed by atoms with van der Waals surface area (Å²) in [6.07, 6.45) is -1.11. The fourth-order valence-corrected chi connectivity index (χ4v) is 3.09. The van der Waals surface area contributed by atoms with Crippen LogP contribution >= 0.6 is 0 Å². The van der Waals surface area contributed by atoms with E-state index >= 15 is 0 Å². The maximum atomic E-state index is 13.1. The summed E-state index contributed by atoms with van der Waals surface area (Å²) in [4.78, 5) is 26.2. The van der Waals surface area contributed by atoms with Crippen molar-refractivity contribution in [2.75, 3.05) is 21.3 Å². The number of carbonyl (C=O) groups excluding carboxylic acids is 2. The maximum Gasteiger partial charge on any atom is 0.343 e. The number of hydrogen-bond acceptors (Lipinski definition) is 6. The third-order valence-corrected chi connectivity index (χ3v) is 4.55. The molecule has 30 heavy (non-hydrogen) atoms. The summed E-state index contributed by atoms with van der Waals surface area (Å²) in [5.41, 5.74) is 1.13. The molecule has 0 fully saturated rings. The summed E-state index contributed by atoms with van der Waals surface area (Å²) in [7, 11) is 4.35. The minimum absolute atomic E-state index is 0.122. The van der Waals surface area contributed by atoms with E-state index in [2.05, 4.69) is 0 Å². The normalized spacial score (nSPS) is 11.3. The second-order valence-corrected chi connectivity index (χ2v) is 6.31. The van der Waals surface area contributed by atoms with Crippen molar-refractivity contribution in [1.82, 2.24) is 0 Å². The zero-order valence-electron chi connectivity index (χ0n) is 17.0. The Balaban J connectivity index is 1.99. The molecule has 0 saturated carbocycles. The van der Waals surface area contributed by atoms with Crippen LogP contribution in [-0.2, 0) is 4.74 Å². The number of esters is 1. The fraction of sp³-hybridized carbons (Fsp3) is 0.167. The molecule has 0 spiro atoms. The van der Waals surface area contributed by atoms with Crippen LogP contribution < -0.4 is 14.2 Å². The minimum atomic E-state index is -1.11. The number of Topliss-reactive ketones (excluding diaryl/α,β-unsaturated/α-hetero) is 1. The first kappa shape index (κ1) is 20.9. The van der Waals surface area contributed by atoms with E-state index in [0.29, 0.717) is 16.9 Å². The van der Waals surface area contributed by atoms with Crippen molar-refractivity contribution in [1.29, 1.82) is 0 Å². The summed E-state index contributed by atoms with van der Waals surface area (Å²) in [5.74, 6) is -0.202. The third kappa shape index (κ3) is 4.27. The zero-order valence-corrected chi connectivity index (χ0v) is 17.0. The summed E-state index contributed by atoms with van der Waals surface area (Å²) in [6, 6.07) is 20.7. The second kappa shape index (κ2) is 9.60. The van der Waals surface area contributed by atoms with Crippen molar-refractivity contribution in [3.05, 3.63) is 89.5 Å². The SMILES string of the molecule is COc1ccc(C(=O)O[C@H](C(=O)c2ccccc2)c2ccccc2)c(OC)c1OC. The molecule has 0 aliphatic rings. The van der Waals surface area contributed by atoms with Gasteiger partial charge in [0.2, 0.25) is 11.5 Å². The predicted molar refractivity (Wildman–Crippen MR) is 111 cm³/mol. The quantitative estimate of drug-likeness (QED) is 0.405. The molecule has 0 saturated heterocycles. The average Bonchev–Trinajstić information content (AvgIpc) is 2.81. The van der Waals surface area contributed by atoms with Gasteiger partial charge < -0.3 is 18.9 Å². The number of ether oxygens (including phenoxy) is 4. The monoisotopic (exact) mass is 406 g/mol. The van der Waals surface area contributed by atoms with Crippen LogP contribution in [-0.4, -0.2) is 33.1 Å². The van der Waals surface area contributed by atoms with Crippen molar-refractivity contribution in [3.63, 3.8) is 0 Å². The van der Waals surface area contributed by atoms with Crippen LogP contribution in [0.25, 0.3) is 0 Å². The molecule has 3 aromatic rings. The highest BCUT2D eigenvalue weighted by Crippen LogP contribution is 2.40. The molecule has 0 heterocycles. The van der Waals surface area contributed by atoms with Gasteiger partial charge in [-0.05, 0) is 12.1 Å². The smallest absolute Gasteiger partial charge is 0.343 e. The number of ketones is 1. The molecule has 0 amide bonds. The molecule has 3 rings (SSSR count). The average molecular weight is 406 g/mol. The van der Waals surface area contributed by atoms with Gasteiger partial charge in [-0.2, -0.15) is 0 Å². The Hall–Kier alpha value is -3.80. The molecule has 0 N–H and O–H groups in total. The molecule has 0 aromatic heterocycles. The molecule has 0 radical (unpaired) electrons. The number of benzene rings is 3. The van der Waals surface area contributed by atoms with E-state index in [0.717, 1.165) is 0 Å². The van der Waals surface area contributed by atoms with E-state index in [1.807, 2.05) is 12.1 Å². The van der Waals surface area contributed by atoms with Gasteiger partial charge in [0, 0.05) is 11.1 Å². The Labute approximate surface area is 175 Å². The van der Waals surface area contributed by atoms with E-state index in [9.17, 15) is 9.59 Å². The van der Waals surface area contributed by atoms with Crippen LogP contribution in [0.1, 0.15) is 32.4 Å². The van der Waals surface area contributed by atoms with E-state index < -0.39 is 12.1 Å². The fourth-order valence-electron chi connectivity index (χ4n) is 3.09. The molecule has 0 bridgehead atoms. The van der Waals surface area contributed by atoms with Gasteiger partial charge in [-0.15, -0.1) is 0 Å². The Morgan fingerprint density at radius 1 is 0.700 bits per heavy atom. The van der Waals surface area contributed by atoms with Gasteiger partial charge in [-0.1, -0.05) is 60.7 Å². The first-order chi connectivity index (χ1) is 14.6. The molecule has 6 nitrogen and oxygen atoms in total. The van der Waals surface area contributed by atoms with Crippen LogP contribution in [0.2, 0.25) is 0 Å². The van der Waals surface area contributed by atoms with Gasteiger partial charge in [-0.25, -0.2) is 4.79 Å². The molecular weight excluding hydrogens is 384 g/mol. The van der Waals surface area contributed by atoms with E-state index in [1.54, 1.807) is 54.6 Å². The van der Waals surface area contributed by atoms with E-state index in [4.69, 9.17) is 18.9 Å². The van der Waals surface area contributed by atoms with Crippen molar-refractivity contribution >= 4 is 11.8 Å².